The van der Waals surface area contributed by atoms with Gasteiger partial charge in [0, 0.05) is 10.2 Å². The zero-order chi connectivity index (χ0) is 12.9. The number of thiophene rings is 1. The summed E-state index contributed by atoms with van der Waals surface area (Å²) in [6, 6.07) is 1.99. The van der Waals surface area contributed by atoms with Gasteiger partial charge in [0.25, 0.3) is 0 Å². The number of hydrogen-bond donors (Lipinski definition) is 0. The van der Waals surface area contributed by atoms with Crippen LogP contribution in [0.1, 0.15) is 11.4 Å². The molecule has 0 saturated heterocycles. The van der Waals surface area contributed by atoms with Crippen LogP contribution < -0.4 is 0 Å². The summed E-state index contributed by atoms with van der Waals surface area (Å²) in [7, 11) is 0. The highest BCUT2D eigenvalue weighted by Gasteiger charge is 2.17. The summed E-state index contributed by atoms with van der Waals surface area (Å²) in [6.45, 7) is 3.91. The Morgan fingerprint density at radius 1 is 1.33 bits per heavy atom. The molecule has 3 rings (SSSR count). The molecule has 3 aromatic heterocycles. The Kier molecular flexibility index (Phi) is 2.88. The monoisotopic (exact) mass is 342 g/mol. The highest BCUT2D eigenvalue weighted by atomic mass is 79.9. The van der Waals surface area contributed by atoms with E-state index >= 15 is 0 Å². The van der Waals surface area contributed by atoms with Gasteiger partial charge in [-0.05, 0) is 41.2 Å². The zero-order valence-electron chi connectivity index (χ0n) is 9.61. The van der Waals surface area contributed by atoms with Crippen LogP contribution in [0.25, 0.3) is 16.3 Å². The van der Waals surface area contributed by atoms with Gasteiger partial charge in [-0.1, -0.05) is 11.6 Å². The summed E-state index contributed by atoms with van der Waals surface area (Å²) in [5, 5.41) is 10.7. The van der Waals surface area contributed by atoms with Crippen LogP contribution in [0.15, 0.2) is 15.9 Å². The molecule has 3 heterocycles. The lowest BCUT2D eigenvalue weighted by Crippen LogP contribution is -2.00. The fourth-order valence-corrected chi connectivity index (χ4v) is 3.55. The van der Waals surface area contributed by atoms with Crippen molar-refractivity contribution in [3.8, 4) is 10.7 Å². The Morgan fingerprint density at radius 2 is 2.11 bits per heavy atom. The molecule has 0 atom stereocenters. The maximum Gasteiger partial charge on any atom is 0.199 e. The molecule has 0 radical (unpaired) electrons. The first-order valence-electron chi connectivity index (χ1n) is 5.21. The number of fused-ring (bicyclic) bond motifs is 1. The van der Waals surface area contributed by atoms with Crippen molar-refractivity contribution in [1.82, 2.24) is 19.6 Å². The second-order valence-corrected chi connectivity index (χ2v) is 5.98. The predicted molar refractivity (Wildman–Crippen MR) is 76.3 cm³/mol. The maximum atomic E-state index is 6.11. The summed E-state index contributed by atoms with van der Waals surface area (Å²) < 4.78 is 2.95. The van der Waals surface area contributed by atoms with E-state index in [2.05, 4.69) is 31.1 Å². The van der Waals surface area contributed by atoms with Crippen molar-refractivity contribution in [3.05, 3.63) is 32.5 Å². The molecule has 0 aliphatic carbocycles. The molecular formula is C11H8BrClN4S. The Morgan fingerprint density at radius 3 is 2.78 bits per heavy atom. The molecule has 92 valence electrons. The van der Waals surface area contributed by atoms with E-state index in [-0.39, 0.29) is 0 Å². The predicted octanol–water partition coefficient (Wildman–Crippen LogP) is 3.89. The van der Waals surface area contributed by atoms with Crippen molar-refractivity contribution in [2.45, 2.75) is 13.8 Å². The molecule has 0 unspecified atom stereocenters. The van der Waals surface area contributed by atoms with Gasteiger partial charge in [0.2, 0.25) is 0 Å². The van der Waals surface area contributed by atoms with E-state index in [4.69, 9.17) is 11.6 Å². The van der Waals surface area contributed by atoms with Crippen molar-refractivity contribution >= 4 is 44.5 Å². The molecule has 4 nitrogen and oxygen atoms in total. The van der Waals surface area contributed by atoms with E-state index in [1.165, 1.54) is 0 Å². The van der Waals surface area contributed by atoms with E-state index in [9.17, 15) is 0 Å². The van der Waals surface area contributed by atoms with Gasteiger partial charge in [-0.3, -0.25) is 4.40 Å². The molecule has 0 aliphatic rings. The molecule has 3 aromatic rings. The lowest BCUT2D eigenvalue weighted by Gasteiger charge is -2.06. The Bertz CT molecular complexity index is 749. The van der Waals surface area contributed by atoms with E-state index in [0.29, 0.717) is 10.8 Å². The fraction of sp³-hybridized carbons (Fsp3) is 0.182. The third-order valence-electron chi connectivity index (χ3n) is 2.79. The molecular weight excluding hydrogens is 336 g/mol. The molecule has 0 aromatic carbocycles. The number of rotatable bonds is 1. The van der Waals surface area contributed by atoms with E-state index in [1.54, 1.807) is 11.3 Å². The second kappa shape index (κ2) is 4.29. The Hall–Kier alpha value is -0.980. The molecule has 0 saturated carbocycles. The average Bonchev–Trinajstić information content (AvgIpc) is 2.91. The fourth-order valence-electron chi connectivity index (χ4n) is 1.78. The largest absolute Gasteiger partial charge is 0.274 e. The van der Waals surface area contributed by atoms with Crippen LogP contribution in [0.2, 0.25) is 5.15 Å². The van der Waals surface area contributed by atoms with Gasteiger partial charge in [-0.25, -0.2) is 4.98 Å². The minimum absolute atomic E-state index is 0.379. The molecule has 0 amide bonds. The topological polar surface area (TPSA) is 43.1 Å². The van der Waals surface area contributed by atoms with Gasteiger partial charge >= 0.3 is 0 Å². The molecule has 0 N–H and O–H groups in total. The quantitative estimate of drug-likeness (QED) is 0.673. The number of halogens is 2. The van der Waals surface area contributed by atoms with Crippen LogP contribution in [0, 0.1) is 13.8 Å². The average molecular weight is 344 g/mol. The van der Waals surface area contributed by atoms with Crippen molar-refractivity contribution in [2.24, 2.45) is 0 Å². The van der Waals surface area contributed by atoms with Crippen molar-refractivity contribution in [2.75, 3.05) is 0 Å². The van der Waals surface area contributed by atoms with Crippen LogP contribution in [0.3, 0.4) is 0 Å². The molecule has 0 bridgehead atoms. The smallest absolute Gasteiger partial charge is 0.199 e. The van der Waals surface area contributed by atoms with Gasteiger partial charge in [-0.15, -0.1) is 21.5 Å². The van der Waals surface area contributed by atoms with Crippen LogP contribution in [-0.4, -0.2) is 19.6 Å². The van der Waals surface area contributed by atoms with Crippen molar-refractivity contribution in [1.29, 1.82) is 0 Å². The summed E-state index contributed by atoms with van der Waals surface area (Å²) >= 11 is 11.2. The Labute approximate surface area is 121 Å². The van der Waals surface area contributed by atoms with Gasteiger partial charge in [0.1, 0.15) is 0 Å². The lowest BCUT2D eigenvalue weighted by molar-refractivity contribution is 1.00. The van der Waals surface area contributed by atoms with Gasteiger partial charge in [-0.2, -0.15) is 0 Å². The van der Waals surface area contributed by atoms with Crippen LogP contribution in [0.5, 0.6) is 0 Å². The third kappa shape index (κ3) is 1.67. The first-order chi connectivity index (χ1) is 8.59. The van der Waals surface area contributed by atoms with Crippen LogP contribution >= 0.6 is 38.9 Å². The first-order valence-corrected chi connectivity index (χ1v) is 7.26. The number of aromatic nitrogens is 4. The molecule has 0 spiro atoms. The summed E-state index contributed by atoms with van der Waals surface area (Å²) in [6.07, 6.45) is 0. The summed E-state index contributed by atoms with van der Waals surface area (Å²) in [4.78, 5) is 5.29. The lowest BCUT2D eigenvalue weighted by atomic mass is 10.3. The Balaban J connectivity index is 2.42. The molecule has 0 fully saturated rings. The molecule has 7 heteroatoms. The summed E-state index contributed by atoms with van der Waals surface area (Å²) in [5.74, 6) is 0.789. The standard InChI is InChI=1S/C11H8BrClN4S/c1-5-6(2)17-10(8-7(12)3-4-18-8)15-16-11(17)9(13)14-5/h3-4H,1-2H3. The normalized spacial score (nSPS) is 11.3. The summed E-state index contributed by atoms with van der Waals surface area (Å²) in [5.41, 5.74) is 2.46. The highest BCUT2D eigenvalue weighted by Crippen LogP contribution is 2.33. The minimum Gasteiger partial charge on any atom is -0.274 e. The first kappa shape index (κ1) is 12.1. The van der Waals surface area contributed by atoms with Gasteiger partial charge in [0.15, 0.2) is 16.6 Å². The van der Waals surface area contributed by atoms with Crippen molar-refractivity contribution in [3.63, 3.8) is 0 Å². The van der Waals surface area contributed by atoms with Crippen LogP contribution in [0.4, 0.5) is 0 Å². The minimum atomic E-state index is 0.379. The van der Waals surface area contributed by atoms with Gasteiger partial charge < -0.3 is 0 Å². The SMILES string of the molecule is Cc1nc(Cl)c2nnc(-c3sccc3Br)n2c1C. The molecule has 18 heavy (non-hydrogen) atoms. The zero-order valence-corrected chi connectivity index (χ0v) is 12.8. The van der Waals surface area contributed by atoms with E-state index < -0.39 is 0 Å². The van der Waals surface area contributed by atoms with E-state index in [0.717, 1.165) is 26.6 Å². The van der Waals surface area contributed by atoms with Gasteiger partial charge in [0.05, 0.1) is 10.6 Å². The van der Waals surface area contributed by atoms with Crippen LogP contribution in [-0.2, 0) is 0 Å². The number of aryl methyl sites for hydroxylation is 2. The maximum absolute atomic E-state index is 6.11. The van der Waals surface area contributed by atoms with Crippen molar-refractivity contribution < 1.29 is 0 Å². The molecule has 0 aliphatic heterocycles. The second-order valence-electron chi connectivity index (χ2n) is 3.85. The number of nitrogens with zero attached hydrogens (tertiary/aromatic N) is 4. The third-order valence-corrected chi connectivity index (χ3v) is 4.88. The highest BCUT2D eigenvalue weighted by molar-refractivity contribution is 9.10. The number of hydrogen-bond acceptors (Lipinski definition) is 4. The van der Waals surface area contributed by atoms with E-state index in [1.807, 2.05) is 29.7 Å².